The zero-order valence-corrected chi connectivity index (χ0v) is 11.1. The molecule has 2 aromatic rings. The van der Waals surface area contributed by atoms with Gasteiger partial charge in [0, 0.05) is 6.07 Å². The number of H-pyrrole nitrogens is 1. The Morgan fingerprint density at radius 3 is 2.11 bits per heavy atom. The molecule has 0 saturated heterocycles. The van der Waals surface area contributed by atoms with Crippen molar-refractivity contribution >= 4 is 11.6 Å². The lowest BCUT2D eigenvalue weighted by Crippen LogP contribution is -2.34. The number of aromatic nitrogens is 2. The number of benzene rings is 1. The molecule has 1 aromatic carbocycles. The van der Waals surface area contributed by atoms with E-state index >= 15 is 0 Å². The van der Waals surface area contributed by atoms with E-state index in [1.165, 1.54) is 6.07 Å². The molecule has 5 heteroatoms. The van der Waals surface area contributed by atoms with Gasteiger partial charge in [-0.2, -0.15) is 0 Å². The van der Waals surface area contributed by atoms with Crippen molar-refractivity contribution in [2.24, 2.45) is 0 Å². The van der Waals surface area contributed by atoms with Crippen molar-refractivity contribution in [1.29, 1.82) is 0 Å². The van der Waals surface area contributed by atoms with Crippen LogP contribution in [0.1, 0.15) is 16.7 Å². The van der Waals surface area contributed by atoms with Crippen LogP contribution in [-0.4, -0.2) is 9.55 Å². The molecule has 0 aliphatic heterocycles. The number of aryl methyl sites for hydroxylation is 3. The third kappa shape index (κ3) is 2.11. The van der Waals surface area contributed by atoms with Gasteiger partial charge in [-0.15, -0.1) is 0 Å². The molecule has 94 valence electrons. The van der Waals surface area contributed by atoms with Crippen molar-refractivity contribution < 1.29 is 0 Å². The SMILES string of the molecule is Cc1cc(C)c(-n2c(=O)cc(Cl)[nH]c2=O)c(C)c1. The summed E-state index contributed by atoms with van der Waals surface area (Å²) in [4.78, 5) is 26.2. The minimum absolute atomic E-state index is 0.0451. The van der Waals surface area contributed by atoms with Gasteiger partial charge in [-0.1, -0.05) is 29.3 Å². The second-order valence-corrected chi connectivity index (χ2v) is 4.75. The Hall–Kier alpha value is -1.81. The molecule has 0 atom stereocenters. The van der Waals surface area contributed by atoms with Gasteiger partial charge in [-0.05, 0) is 31.9 Å². The maximum atomic E-state index is 11.9. The number of halogens is 1. The van der Waals surface area contributed by atoms with Crippen LogP contribution in [0.4, 0.5) is 0 Å². The van der Waals surface area contributed by atoms with Crippen LogP contribution in [0.3, 0.4) is 0 Å². The Bertz CT molecular complexity index is 674. The van der Waals surface area contributed by atoms with E-state index in [1.807, 2.05) is 32.9 Å². The third-order valence-corrected chi connectivity index (χ3v) is 2.96. The molecule has 0 aliphatic carbocycles. The first-order valence-electron chi connectivity index (χ1n) is 5.50. The summed E-state index contributed by atoms with van der Waals surface area (Å²) in [6.45, 7) is 5.71. The quantitative estimate of drug-likeness (QED) is 0.802. The molecular weight excluding hydrogens is 252 g/mol. The minimum atomic E-state index is -0.525. The highest BCUT2D eigenvalue weighted by Gasteiger charge is 2.11. The Labute approximate surface area is 109 Å². The number of hydrogen-bond donors (Lipinski definition) is 1. The van der Waals surface area contributed by atoms with Crippen LogP contribution in [0.5, 0.6) is 0 Å². The van der Waals surface area contributed by atoms with Gasteiger partial charge in [-0.3, -0.25) is 9.78 Å². The van der Waals surface area contributed by atoms with E-state index in [0.717, 1.165) is 21.3 Å². The Kier molecular flexibility index (Phi) is 3.13. The van der Waals surface area contributed by atoms with Gasteiger partial charge in [0.1, 0.15) is 5.15 Å². The van der Waals surface area contributed by atoms with Crippen LogP contribution in [0.15, 0.2) is 27.8 Å². The molecule has 2 rings (SSSR count). The molecule has 0 amide bonds. The monoisotopic (exact) mass is 264 g/mol. The van der Waals surface area contributed by atoms with Crippen molar-refractivity contribution in [3.63, 3.8) is 0 Å². The molecule has 0 bridgehead atoms. The number of aromatic amines is 1. The molecule has 1 aromatic heterocycles. The van der Waals surface area contributed by atoms with Crippen LogP contribution in [-0.2, 0) is 0 Å². The molecular formula is C13H13ClN2O2. The normalized spacial score (nSPS) is 10.7. The summed E-state index contributed by atoms with van der Waals surface area (Å²) in [5, 5.41) is 0.0451. The van der Waals surface area contributed by atoms with Crippen molar-refractivity contribution in [3.05, 3.63) is 60.9 Å². The fraction of sp³-hybridized carbons (Fsp3) is 0.231. The van der Waals surface area contributed by atoms with Crippen LogP contribution in [0, 0.1) is 20.8 Å². The van der Waals surface area contributed by atoms with Crippen molar-refractivity contribution in [3.8, 4) is 5.69 Å². The van der Waals surface area contributed by atoms with Gasteiger partial charge in [0.15, 0.2) is 0 Å². The summed E-state index contributed by atoms with van der Waals surface area (Å²) >= 11 is 5.65. The zero-order valence-electron chi connectivity index (χ0n) is 10.4. The molecule has 4 nitrogen and oxygen atoms in total. The third-order valence-electron chi connectivity index (χ3n) is 2.76. The van der Waals surface area contributed by atoms with Gasteiger partial charge in [0.2, 0.25) is 0 Å². The van der Waals surface area contributed by atoms with Gasteiger partial charge in [0.25, 0.3) is 5.56 Å². The summed E-state index contributed by atoms with van der Waals surface area (Å²) in [5.41, 5.74) is 2.50. The maximum absolute atomic E-state index is 11.9. The van der Waals surface area contributed by atoms with E-state index in [4.69, 9.17) is 11.6 Å². The van der Waals surface area contributed by atoms with E-state index in [-0.39, 0.29) is 5.15 Å². The Balaban J connectivity index is 2.87. The molecule has 0 spiro atoms. The lowest BCUT2D eigenvalue weighted by atomic mass is 10.1. The second-order valence-electron chi connectivity index (χ2n) is 4.34. The Morgan fingerprint density at radius 1 is 1.06 bits per heavy atom. The lowest BCUT2D eigenvalue weighted by molar-refractivity contribution is 0.861. The predicted octanol–water partition coefficient (Wildman–Crippen LogP) is 2.10. The summed E-state index contributed by atoms with van der Waals surface area (Å²) in [6.07, 6.45) is 0. The van der Waals surface area contributed by atoms with Crippen molar-refractivity contribution in [1.82, 2.24) is 9.55 Å². The van der Waals surface area contributed by atoms with Crippen LogP contribution >= 0.6 is 11.6 Å². The second kappa shape index (κ2) is 4.46. The van der Waals surface area contributed by atoms with Crippen molar-refractivity contribution in [2.45, 2.75) is 20.8 Å². The average molecular weight is 265 g/mol. The van der Waals surface area contributed by atoms with Crippen molar-refractivity contribution in [2.75, 3.05) is 0 Å². The van der Waals surface area contributed by atoms with Gasteiger partial charge in [0.05, 0.1) is 5.69 Å². The fourth-order valence-corrected chi connectivity index (χ4v) is 2.38. The van der Waals surface area contributed by atoms with Gasteiger partial charge < -0.3 is 0 Å². The van der Waals surface area contributed by atoms with E-state index in [9.17, 15) is 9.59 Å². The van der Waals surface area contributed by atoms with E-state index in [2.05, 4.69) is 4.98 Å². The highest BCUT2D eigenvalue weighted by molar-refractivity contribution is 6.29. The number of hydrogen-bond acceptors (Lipinski definition) is 2. The van der Waals surface area contributed by atoms with Crippen LogP contribution in [0.2, 0.25) is 5.15 Å². The van der Waals surface area contributed by atoms with E-state index in [0.29, 0.717) is 5.69 Å². The predicted molar refractivity (Wildman–Crippen MR) is 71.9 cm³/mol. The van der Waals surface area contributed by atoms with Gasteiger partial charge in [-0.25, -0.2) is 9.36 Å². The number of rotatable bonds is 1. The number of nitrogens with one attached hydrogen (secondary N) is 1. The minimum Gasteiger partial charge on any atom is -0.297 e. The first-order valence-corrected chi connectivity index (χ1v) is 5.88. The van der Waals surface area contributed by atoms with E-state index < -0.39 is 11.2 Å². The largest absolute Gasteiger partial charge is 0.334 e. The highest BCUT2D eigenvalue weighted by atomic mass is 35.5. The summed E-state index contributed by atoms with van der Waals surface area (Å²) in [6, 6.07) is 5.06. The molecule has 1 heterocycles. The summed E-state index contributed by atoms with van der Waals surface area (Å²) < 4.78 is 1.11. The first kappa shape index (κ1) is 12.6. The molecule has 0 fully saturated rings. The summed E-state index contributed by atoms with van der Waals surface area (Å²) in [7, 11) is 0. The molecule has 1 N–H and O–H groups in total. The molecule has 18 heavy (non-hydrogen) atoms. The first-order chi connectivity index (χ1) is 8.40. The molecule has 0 aliphatic rings. The molecule has 0 radical (unpaired) electrons. The maximum Gasteiger partial charge on any atom is 0.334 e. The van der Waals surface area contributed by atoms with Gasteiger partial charge >= 0.3 is 5.69 Å². The topological polar surface area (TPSA) is 54.9 Å². The number of nitrogens with zero attached hydrogens (tertiary/aromatic N) is 1. The summed E-state index contributed by atoms with van der Waals surface area (Å²) in [5.74, 6) is 0. The average Bonchev–Trinajstić information content (AvgIpc) is 2.20. The Morgan fingerprint density at radius 2 is 1.61 bits per heavy atom. The highest BCUT2D eigenvalue weighted by Crippen LogP contribution is 2.18. The zero-order chi connectivity index (χ0) is 13.4. The fourth-order valence-electron chi connectivity index (χ4n) is 2.20. The standard InChI is InChI=1S/C13H13ClN2O2/c1-7-4-8(2)12(9(3)5-7)16-11(17)6-10(14)15-13(16)18/h4-6H,1-3H3,(H,15,18). The van der Waals surface area contributed by atoms with E-state index in [1.54, 1.807) is 0 Å². The molecule has 0 saturated carbocycles. The smallest absolute Gasteiger partial charge is 0.297 e. The molecule has 0 unspecified atom stereocenters. The lowest BCUT2D eigenvalue weighted by Gasteiger charge is -2.12. The van der Waals surface area contributed by atoms with Crippen LogP contribution in [0.25, 0.3) is 5.69 Å². The van der Waals surface area contributed by atoms with Crippen LogP contribution < -0.4 is 11.2 Å².